The molecule has 0 saturated heterocycles. The van der Waals surface area contributed by atoms with E-state index in [1.54, 1.807) is 0 Å². The molecule has 0 saturated carbocycles. The van der Waals surface area contributed by atoms with E-state index >= 15 is 0 Å². The van der Waals surface area contributed by atoms with Gasteiger partial charge in [-0.3, -0.25) is 4.79 Å². The van der Waals surface area contributed by atoms with Crippen molar-refractivity contribution in [2.45, 2.75) is 32.4 Å². The molecule has 0 aromatic heterocycles. The Morgan fingerprint density at radius 2 is 1.94 bits per heavy atom. The number of amides is 1. The summed E-state index contributed by atoms with van der Waals surface area (Å²) < 4.78 is 0. The molecule has 4 nitrogen and oxygen atoms in total. The lowest BCUT2D eigenvalue weighted by Gasteiger charge is -2.22. The molecule has 1 amide bonds. The lowest BCUT2D eigenvalue weighted by molar-refractivity contribution is -0.123. The lowest BCUT2D eigenvalue weighted by atomic mass is 10.0. The van der Waals surface area contributed by atoms with Gasteiger partial charge in [0, 0.05) is 0 Å². The van der Waals surface area contributed by atoms with Gasteiger partial charge >= 0.3 is 0 Å². The molecule has 0 aliphatic rings. The van der Waals surface area contributed by atoms with Crippen LogP contribution in [0, 0.1) is 5.92 Å². The Morgan fingerprint density at radius 3 is 2.44 bits per heavy atom. The van der Waals surface area contributed by atoms with E-state index in [0.29, 0.717) is 6.42 Å². The minimum absolute atomic E-state index is 0.0680. The fraction of sp³-hybridized carbons (Fsp3) is 0.500. The average molecular weight is 250 g/mol. The first-order chi connectivity index (χ1) is 8.54. The van der Waals surface area contributed by atoms with Crippen LogP contribution in [0.1, 0.15) is 19.4 Å². The Bertz CT molecular complexity index is 365. The molecule has 0 aliphatic carbocycles. The third kappa shape index (κ3) is 4.47. The van der Waals surface area contributed by atoms with Gasteiger partial charge in [0.25, 0.3) is 0 Å². The van der Waals surface area contributed by atoms with Crippen molar-refractivity contribution in [1.82, 2.24) is 5.32 Å². The molecule has 0 radical (unpaired) electrons. The predicted molar refractivity (Wildman–Crippen MR) is 72.0 cm³/mol. The lowest BCUT2D eigenvalue weighted by Crippen LogP contribution is -2.49. The maximum Gasteiger partial charge on any atom is 0.237 e. The Morgan fingerprint density at radius 1 is 1.33 bits per heavy atom. The highest BCUT2D eigenvalue weighted by Gasteiger charge is 2.19. The van der Waals surface area contributed by atoms with Crippen molar-refractivity contribution in [2.24, 2.45) is 11.7 Å². The fourth-order valence-corrected chi connectivity index (χ4v) is 1.67. The highest BCUT2D eigenvalue weighted by atomic mass is 16.3. The molecule has 4 heteroatoms. The summed E-state index contributed by atoms with van der Waals surface area (Å²) in [6.07, 6.45) is 0.503. The first kappa shape index (κ1) is 14.7. The second kappa shape index (κ2) is 7.13. The van der Waals surface area contributed by atoms with Crippen LogP contribution in [0.15, 0.2) is 30.3 Å². The molecule has 2 atom stereocenters. The number of nitrogens with two attached hydrogens (primary N) is 1. The molecule has 2 unspecified atom stereocenters. The zero-order valence-electron chi connectivity index (χ0n) is 11.0. The van der Waals surface area contributed by atoms with Gasteiger partial charge in [0.05, 0.1) is 18.7 Å². The summed E-state index contributed by atoms with van der Waals surface area (Å²) in [5.74, 6) is -0.0329. The first-order valence-corrected chi connectivity index (χ1v) is 6.25. The Balaban J connectivity index is 2.51. The van der Waals surface area contributed by atoms with Crippen LogP contribution in [0.25, 0.3) is 0 Å². The van der Waals surface area contributed by atoms with Gasteiger partial charge in [0.1, 0.15) is 0 Å². The number of hydrogen-bond donors (Lipinski definition) is 3. The van der Waals surface area contributed by atoms with Crippen LogP contribution < -0.4 is 11.1 Å². The van der Waals surface area contributed by atoms with Crippen LogP contribution >= 0.6 is 0 Å². The van der Waals surface area contributed by atoms with E-state index in [0.717, 1.165) is 5.56 Å². The molecular formula is C14H22N2O2. The zero-order chi connectivity index (χ0) is 13.5. The molecule has 0 heterocycles. The second-order valence-electron chi connectivity index (χ2n) is 4.84. The second-order valence-corrected chi connectivity index (χ2v) is 4.84. The summed E-state index contributed by atoms with van der Waals surface area (Å²) in [4.78, 5) is 11.9. The molecule has 18 heavy (non-hydrogen) atoms. The number of rotatable bonds is 6. The Kier molecular flexibility index (Phi) is 5.82. The topological polar surface area (TPSA) is 75.3 Å². The highest BCUT2D eigenvalue weighted by Crippen LogP contribution is 2.04. The minimum Gasteiger partial charge on any atom is -0.394 e. The number of carbonyl (C=O) groups is 1. The Labute approximate surface area is 108 Å². The van der Waals surface area contributed by atoms with Crippen LogP contribution in [0.2, 0.25) is 0 Å². The molecule has 0 bridgehead atoms. The van der Waals surface area contributed by atoms with Gasteiger partial charge in [-0.1, -0.05) is 44.2 Å². The summed E-state index contributed by atoms with van der Waals surface area (Å²) >= 11 is 0. The van der Waals surface area contributed by atoms with Crippen LogP contribution in [-0.4, -0.2) is 29.7 Å². The van der Waals surface area contributed by atoms with E-state index in [-0.39, 0.29) is 24.5 Å². The number of benzene rings is 1. The summed E-state index contributed by atoms with van der Waals surface area (Å²) in [7, 11) is 0. The van der Waals surface area contributed by atoms with Crippen molar-refractivity contribution in [2.75, 3.05) is 6.61 Å². The van der Waals surface area contributed by atoms with Gasteiger partial charge in [0.15, 0.2) is 0 Å². The molecule has 1 rings (SSSR count). The summed E-state index contributed by atoms with van der Waals surface area (Å²) in [6, 6.07) is 8.84. The van der Waals surface area contributed by atoms with E-state index < -0.39 is 6.04 Å². The number of nitrogens with one attached hydrogen (secondary N) is 1. The third-order valence-corrected chi connectivity index (χ3v) is 2.96. The van der Waals surface area contributed by atoms with E-state index in [4.69, 9.17) is 10.8 Å². The fourth-order valence-electron chi connectivity index (χ4n) is 1.67. The van der Waals surface area contributed by atoms with Crippen molar-refractivity contribution >= 4 is 5.91 Å². The van der Waals surface area contributed by atoms with Gasteiger partial charge in [0.2, 0.25) is 5.91 Å². The maximum atomic E-state index is 11.9. The molecule has 0 aliphatic heterocycles. The molecule has 0 spiro atoms. The van der Waals surface area contributed by atoms with Gasteiger partial charge in [-0.15, -0.1) is 0 Å². The van der Waals surface area contributed by atoms with Crippen molar-refractivity contribution in [3.8, 4) is 0 Å². The molecule has 0 fully saturated rings. The predicted octanol–water partition coefficient (Wildman–Crippen LogP) is 0.690. The Hall–Kier alpha value is -1.39. The van der Waals surface area contributed by atoms with Crippen molar-refractivity contribution < 1.29 is 9.90 Å². The average Bonchev–Trinajstić information content (AvgIpc) is 2.36. The molecule has 4 N–H and O–H groups in total. The maximum absolute atomic E-state index is 11.9. The van der Waals surface area contributed by atoms with Crippen molar-refractivity contribution in [1.29, 1.82) is 0 Å². The van der Waals surface area contributed by atoms with Crippen LogP contribution in [0.3, 0.4) is 0 Å². The van der Waals surface area contributed by atoms with E-state index in [2.05, 4.69) is 5.32 Å². The van der Waals surface area contributed by atoms with Gasteiger partial charge in [-0.2, -0.15) is 0 Å². The summed E-state index contributed by atoms with van der Waals surface area (Å²) in [6.45, 7) is 3.83. The zero-order valence-corrected chi connectivity index (χ0v) is 11.0. The number of aliphatic hydroxyl groups is 1. The van der Waals surface area contributed by atoms with E-state index in [1.807, 2.05) is 44.2 Å². The quantitative estimate of drug-likeness (QED) is 0.695. The van der Waals surface area contributed by atoms with Gasteiger partial charge in [-0.25, -0.2) is 0 Å². The third-order valence-electron chi connectivity index (χ3n) is 2.96. The molecular weight excluding hydrogens is 228 g/mol. The van der Waals surface area contributed by atoms with Crippen LogP contribution in [0.5, 0.6) is 0 Å². The summed E-state index contributed by atoms with van der Waals surface area (Å²) in [5, 5.41) is 11.9. The normalized spacial score (nSPS) is 14.3. The molecule has 1 aromatic carbocycles. The van der Waals surface area contributed by atoms with Gasteiger partial charge < -0.3 is 16.2 Å². The van der Waals surface area contributed by atoms with Crippen molar-refractivity contribution in [3.05, 3.63) is 35.9 Å². The molecule has 100 valence electrons. The van der Waals surface area contributed by atoms with Crippen LogP contribution in [0.4, 0.5) is 0 Å². The first-order valence-electron chi connectivity index (χ1n) is 6.25. The van der Waals surface area contributed by atoms with Crippen LogP contribution in [-0.2, 0) is 11.2 Å². The van der Waals surface area contributed by atoms with E-state index in [9.17, 15) is 4.79 Å². The molecule has 1 aromatic rings. The standard InChI is InChI=1S/C14H22N2O2/c1-10(2)13(9-17)16-14(18)12(15)8-11-6-4-3-5-7-11/h3-7,10,12-13,17H,8-9,15H2,1-2H3,(H,16,18). The highest BCUT2D eigenvalue weighted by molar-refractivity contribution is 5.82. The number of hydrogen-bond acceptors (Lipinski definition) is 3. The van der Waals surface area contributed by atoms with Crippen molar-refractivity contribution in [3.63, 3.8) is 0 Å². The largest absolute Gasteiger partial charge is 0.394 e. The smallest absolute Gasteiger partial charge is 0.237 e. The number of carbonyl (C=O) groups excluding carboxylic acids is 1. The minimum atomic E-state index is -0.583. The number of aliphatic hydroxyl groups excluding tert-OH is 1. The van der Waals surface area contributed by atoms with E-state index in [1.165, 1.54) is 0 Å². The van der Waals surface area contributed by atoms with Gasteiger partial charge in [-0.05, 0) is 17.9 Å². The summed E-state index contributed by atoms with van der Waals surface area (Å²) in [5.41, 5.74) is 6.89. The SMILES string of the molecule is CC(C)C(CO)NC(=O)C(N)Cc1ccccc1. The monoisotopic (exact) mass is 250 g/mol.